The number of carbonyl (C=O) groups excluding carboxylic acids is 2. The van der Waals surface area contributed by atoms with Crippen LogP contribution in [0.4, 0.5) is 20.2 Å². The molecular weight excluding hydrogens is 378 g/mol. The number of anilines is 1. The van der Waals surface area contributed by atoms with Crippen LogP contribution >= 0.6 is 0 Å². The Morgan fingerprint density at radius 1 is 1.14 bits per heavy atom. The van der Waals surface area contributed by atoms with Crippen LogP contribution in [0.2, 0.25) is 0 Å². The van der Waals surface area contributed by atoms with Gasteiger partial charge in [0.1, 0.15) is 11.6 Å². The quantitative estimate of drug-likeness (QED) is 0.229. The third kappa shape index (κ3) is 5.30. The predicted molar refractivity (Wildman–Crippen MR) is 94.4 cm³/mol. The van der Waals surface area contributed by atoms with Crippen molar-refractivity contribution in [2.75, 3.05) is 32.2 Å². The molecule has 0 aliphatic carbocycles. The van der Waals surface area contributed by atoms with Crippen LogP contribution in [0.15, 0.2) is 36.4 Å². The molecule has 0 aliphatic rings. The number of hydrogen-bond acceptors (Lipinski definition) is 7. The Kier molecular flexibility index (Phi) is 7.10. The highest BCUT2D eigenvalue weighted by Crippen LogP contribution is 2.23. The lowest BCUT2D eigenvalue weighted by atomic mass is 10.1. The number of non-ortho nitro benzene ring substituents is 1. The molecule has 0 atom stereocenters. The van der Waals surface area contributed by atoms with E-state index in [-0.39, 0.29) is 16.9 Å². The Morgan fingerprint density at radius 3 is 2.57 bits per heavy atom. The molecule has 0 aliphatic heterocycles. The number of hydrogen-bond donors (Lipinski definition) is 1. The van der Waals surface area contributed by atoms with Crippen molar-refractivity contribution in [3.8, 4) is 0 Å². The number of esters is 1. The molecule has 0 saturated heterocycles. The van der Waals surface area contributed by atoms with Gasteiger partial charge in [-0.05, 0) is 24.3 Å². The summed E-state index contributed by atoms with van der Waals surface area (Å²) in [6, 6.07) is 5.82. The fourth-order valence-electron chi connectivity index (χ4n) is 2.25. The number of ether oxygens (including phenoxy) is 2. The normalized spacial score (nSPS) is 10.4. The van der Waals surface area contributed by atoms with Crippen LogP contribution in [0.3, 0.4) is 0 Å². The summed E-state index contributed by atoms with van der Waals surface area (Å²) in [6.45, 7) is -0.246. The molecule has 2 aromatic carbocycles. The van der Waals surface area contributed by atoms with E-state index < -0.39 is 40.5 Å². The molecule has 0 heterocycles. The second-order valence-corrected chi connectivity index (χ2v) is 5.53. The highest BCUT2D eigenvalue weighted by Gasteiger charge is 2.20. The van der Waals surface area contributed by atoms with Crippen LogP contribution < -0.4 is 5.32 Å². The van der Waals surface area contributed by atoms with E-state index in [4.69, 9.17) is 9.47 Å². The number of rotatable bonds is 9. The van der Waals surface area contributed by atoms with Crippen molar-refractivity contribution >= 4 is 23.1 Å². The Bertz CT molecular complexity index is 904. The highest BCUT2D eigenvalue weighted by atomic mass is 19.1. The number of nitrogens with one attached hydrogen (secondary N) is 1. The van der Waals surface area contributed by atoms with Crippen molar-refractivity contribution in [3.05, 3.63) is 69.3 Å². The monoisotopic (exact) mass is 394 g/mol. The summed E-state index contributed by atoms with van der Waals surface area (Å²) in [5.74, 6) is -3.77. The first kappa shape index (κ1) is 20.9. The maximum atomic E-state index is 13.6. The van der Waals surface area contributed by atoms with Gasteiger partial charge in [-0.25, -0.2) is 13.6 Å². The zero-order chi connectivity index (χ0) is 20.7. The van der Waals surface area contributed by atoms with Gasteiger partial charge in [0.2, 0.25) is 5.78 Å². The van der Waals surface area contributed by atoms with Crippen molar-refractivity contribution in [2.24, 2.45) is 0 Å². The number of Topliss-reactive ketones (excluding diaryl/α,β-unsaturated/α-hetero) is 1. The topological polar surface area (TPSA) is 108 Å². The first-order valence-electron chi connectivity index (χ1n) is 8.00. The van der Waals surface area contributed by atoms with E-state index in [1.165, 1.54) is 19.2 Å². The second kappa shape index (κ2) is 9.51. The molecule has 28 heavy (non-hydrogen) atoms. The largest absolute Gasteiger partial charge is 0.454 e. The van der Waals surface area contributed by atoms with Crippen molar-refractivity contribution in [1.29, 1.82) is 0 Å². The summed E-state index contributed by atoms with van der Waals surface area (Å²) in [5, 5.41) is 13.8. The summed E-state index contributed by atoms with van der Waals surface area (Å²) in [4.78, 5) is 34.6. The van der Waals surface area contributed by atoms with Crippen LogP contribution in [-0.4, -0.2) is 43.5 Å². The van der Waals surface area contributed by atoms with E-state index in [1.807, 2.05) is 0 Å². The first-order chi connectivity index (χ1) is 13.3. The molecule has 0 spiro atoms. The Balaban J connectivity index is 2.17. The molecule has 0 radical (unpaired) electrons. The molecule has 1 N–H and O–H groups in total. The molecule has 0 saturated carbocycles. The maximum absolute atomic E-state index is 13.6. The molecule has 0 unspecified atom stereocenters. The third-order valence-electron chi connectivity index (χ3n) is 3.62. The Labute approximate surface area is 158 Å². The van der Waals surface area contributed by atoms with Gasteiger partial charge in [-0.2, -0.15) is 0 Å². The zero-order valence-corrected chi connectivity index (χ0v) is 14.7. The number of nitrogens with zero attached hydrogens (tertiary/aromatic N) is 1. The molecule has 0 amide bonds. The molecular formula is C18H16F2N2O6. The maximum Gasteiger partial charge on any atom is 0.340 e. The SMILES string of the molecule is COCCNc1ccc([N+](=O)[O-])cc1C(=O)OCC(=O)c1cc(F)ccc1F. The van der Waals surface area contributed by atoms with Gasteiger partial charge < -0.3 is 14.8 Å². The number of nitro benzene ring substituents is 1. The lowest BCUT2D eigenvalue weighted by molar-refractivity contribution is -0.384. The number of methoxy groups -OCH3 is 1. The molecule has 0 aromatic heterocycles. The van der Waals surface area contributed by atoms with Gasteiger partial charge in [-0.15, -0.1) is 0 Å². The second-order valence-electron chi connectivity index (χ2n) is 5.53. The number of halogens is 2. The lowest BCUT2D eigenvalue weighted by Crippen LogP contribution is -2.18. The van der Waals surface area contributed by atoms with E-state index >= 15 is 0 Å². The van der Waals surface area contributed by atoms with E-state index in [2.05, 4.69) is 5.32 Å². The minimum atomic E-state index is -1.03. The van der Waals surface area contributed by atoms with Gasteiger partial charge in [0.05, 0.1) is 22.7 Å². The standard InChI is InChI=1S/C18H16F2N2O6/c1-27-7-6-21-16-5-3-12(22(25)26)9-14(16)18(24)28-10-17(23)13-8-11(19)2-4-15(13)20/h2-5,8-9,21H,6-7,10H2,1H3. The minimum Gasteiger partial charge on any atom is -0.454 e. The molecule has 2 aromatic rings. The number of carbonyl (C=O) groups is 2. The highest BCUT2D eigenvalue weighted by molar-refractivity contribution is 6.01. The van der Waals surface area contributed by atoms with Gasteiger partial charge in [0, 0.05) is 31.5 Å². The minimum absolute atomic E-state index is 0.183. The zero-order valence-electron chi connectivity index (χ0n) is 14.7. The van der Waals surface area contributed by atoms with Crippen LogP contribution in [-0.2, 0) is 9.47 Å². The lowest BCUT2D eigenvalue weighted by Gasteiger charge is -2.11. The van der Waals surface area contributed by atoms with Gasteiger partial charge >= 0.3 is 5.97 Å². The molecule has 10 heteroatoms. The van der Waals surface area contributed by atoms with Crippen LogP contribution in [0.5, 0.6) is 0 Å². The van der Waals surface area contributed by atoms with Gasteiger partial charge in [0.25, 0.3) is 5.69 Å². The number of nitro groups is 1. The van der Waals surface area contributed by atoms with Crippen LogP contribution in [0.1, 0.15) is 20.7 Å². The van der Waals surface area contributed by atoms with E-state index in [9.17, 15) is 28.5 Å². The Morgan fingerprint density at radius 2 is 1.89 bits per heavy atom. The molecule has 0 bridgehead atoms. The molecule has 8 nitrogen and oxygen atoms in total. The number of benzene rings is 2. The average Bonchev–Trinajstić information content (AvgIpc) is 2.67. The third-order valence-corrected chi connectivity index (χ3v) is 3.62. The van der Waals surface area contributed by atoms with Gasteiger partial charge in [-0.1, -0.05) is 0 Å². The fraction of sp³-hybridized carbons (Fsp3) is 0.222. The summed E-state index contributed by atoms with van der Waals surface area (Å²) in [7, 11) is 1.48. The summed E-state index contributed by atoms with van der Waals surface area (Å²) in [6.07, 6.45) is 0. The van der Waals surface area contributed by atoms with E-state index in [1.54, 1.807) is 0 Å². The summed E-state index contributed by atoms with van der Waals surface area (Å²) < 4.78 is 36.5. The molecule has 2 rings (SSSR count). The predicted octanol–water partition coefficient (Wildman–Crippen LogP) is 2.97. The molecule has 148 valence electrons. The number of ketones is 1. The fourth-order valence-corrected chi connectivity index (χ4v) is 2.25. The van der Waals surface area contributed by atoms with Crippen LogP contribution in [0, 0.1) is 21.7 Å². The van der Waals surface area contributed by atoms with Crippen molar-refractivity contribution in [2.45, 2.75) is 0 Å². The molecule has 0 fully saturated rings. The van der Waals surface area contributed by atoms with E-state index in [0.717, 1.165) is 18.2 Å². The van der Waals surface area contributed by atoms with Crippen molar-refractivity contribution in [3.63, 3.8) is 0 Å². The van der Waals surface area contributed by atoms with Crippen molar-refractivity contribution in [1.82, 2.24) is 0 Å². The Hall–Kier alpha value is -3.40. The summed E-state index contributed by atoms with van der Waals surface area (Å²) >= 11 is 0. The van der Waals surface area contributed by atoms with Gasteiger partial charge in [0.15, 0.2) is 6.61 Å². The smallest absolute Gasteiger partial charge is 0.340 e. The summed E-state index contributed by atoms with van der Waals surface area (Å²) in [5.41, 5.74) is -0.869. The average molecular weight is 394 g/mol. The van der Waals surface area contributed by atoms with Crippen molar-refractivity contribution < 1.29 is 32.8 Å². The van der Waals surface area contributed by atoms with E-state index in [0.29, 0.717) is 19.2 Å². The van der Waals surface area contributed by atoms with Crippen LogP contribution in [0.25, 0.3) is 0 Å². The van der Waals surface area contributed by atoms with Gasteiger partial charge in [-0.3, -0.25) is 14.9 Å². The first-order valence-corrected chi connectivity index (χ1v) is 8.00.